The first-order chi connectivity index (χ1) is 13.5. The van der Waals surface area contributed by atoms with Gasteiger partial charge in [-0.1, -0.05) is 18.2 Å². The van der Waals surface area contributed by atoms with Gasteiger partial charge in [-0.25, -0.2) is 4.98 Å². The fraction of sp³-hybridized carbons (Fsp3) is 0.250. The predicted octanol–water partition coefficient (Wildman–Crippen LogP) is 2.42. The van der Waals surface area contributed by atoms with Gasteiger partial charge in [-0.05, 0) is 31.2 Å². The van der Waals surface area contributed by atoms with Crippen molar-refractivity contribution in [2.45, 2.75) is 6.92 Å². The number of benzene rings is 1. The molecule has 0 bridgehead atoms. The summed E-state index contributed by atoms with van der Waals surface area (Å²) in [5.74, 6) is 0.625. The average molecular weight is 379 g/mol. The van der Waals surface area contributed by atoms with Gasteiger partial charge in [0, 0.05) is 44.8 Å². The van der Waals surface area contributed by atoms with Crippen molar-refractivity contribution in [1.82, 2.24) is 9.88 Å². The number of nitrogens with zero attached hydrogens (tertiary/aromatic N) is 4. The van der Waals surface area contributed by atoms with Crippen molar-refractivity contribution in [1.29, 1.82) is 16.1 Å². The van der Waals surface area contributed by atoms with E-state index >= 15 is 0 Å². The number of carbonyl (C=O) groups excluding carboxylic acids is 1. The number of para-hydroxylation sites is 1. The topological polar surface area (TPSA) is 134 Å². The quantitative estimate of drug-likeness (QED) is 0.502. The lowest BCUT2D eigenvalue weighted by Crippen LogP contribution is -2.38. The molecule has 0 aliphatic heterocycles. The van der Waals surface area contributed by atoms with Crippen LogP contribution in [-0.2, 0) is 0 Å². The van der Waals surface area contributed by atoms with Gasteiger partial charge in [0.1, 0.15) is 17.6 Å². The van der Waals surface area contributed by atoms with Crippen molar-refractivity contribution in [3.05, 3.63) is 53.7 Å². The third-order valence-corrected chi connectivity index (χ3v) is 3.89. The summed E-state index contributed by atoms with van der Waals surface area (Å²) in [6.07, 6.45) is 1.83. The lowest BCUT2D eigenvalue weighted by atomic mass is 10.1. The summed E-state index contributed by atoms with van der Waals surface area (Å²) in [4.78, 5) is 20.5. The summed E-state index contributed by atoms with van der Waals surface area (Å²) in [5.41, 5.74) is 7.27. The fourth-order valence-electron chi connectivity index (χ4n) is 2.35. The van der Waals surface area contributed by atoms with Crippen LogP contribution in [0.15, 0.2) is 42.5 Å². The van der Waals surface area contributed by atoms with Gasteiger partial charge in [0.15, 0.2) is 0 Å². The maximum absolute atomic E-state index is 12.6. The minimum absolute atomic E-state index is 0.0808. The van der Waals surface area contributed by atoms with Crippen LogP contribution in [0.25, 0.3) is 0 Å². The summed E-state index contributed by atoms with van der Waals surface area (Å²) in [7, 11) is 1.89. The molecular formula is C20H25N7O. The van der Waals surface area contributed by atoms with E-state index in [0.717, 1.165) is 12.4 Å². The molecule has 1 heterocycles. The molecule has 0 aliphatic carbocycles. The van der Waals surface area contributed by atoms with E-state index in [2.05, 4.69) is 4.98 Å². The molecule has 0 saturated carbocycles. The summed E-state index contributed by atoms with van der Waals surface area (Å²) >= 11 is 0. The van der Waals surface area contributed by atoms with Crippen LogP contribution in [0.4, 0.5) is 11.5 Å². The smallest absolute Gasteiger partial charge is 0.255 e. The number of rotatable bonds is 7. The molecular weight excluding hydrogens is 354 g/mol. The molecule has 8 nitrogen and oxygen atoms in total. The van der Waals surface area contributed by atoms with E-state index in [1.807, 2.05) is 37.1 Å². The van der Waals surface area contributed by atoms with E-state index in [4.69, 9.17) is 21.8 Å². The zero-order chi connectivity index (χ0) is 20.9. The molecule has 0 atom stereocenters. The highest BCUT2D eigenvalue weighted by atomic mass is 16.2. The predicted molar refractivity (Wildman–Crippen MR) is 112 cm³/mol. The van der Waals surface area contributed by atoms with Gasteiger partial charge in [-0.15, -0.1) is 0 Å². The molecule has 0 aliphatic rings. The number of nitrogens with one attached hydrogen (secondary N) is 2. The Bertz CT molecular complexity index is 838. The second-order valence-electron chi connectivity index (χ2n) is 5.72. The number of likely N-dealkylation sites (N-methyl/N-ethyl adjacent to an activating group) is 2. The summed E-state index contributed by atoms with van der Waals surface area (Å²) in [6.45, 7) is 3.67. The molecule has 2 aromatic rings. The molecule has 28 heavy (non-hydrogen) atoms. The van der Waals surface area contributed by atoms with Gasteiger partial charge in [0.25, 0.3) is 5.91 Å². The van der Waals surface area contributed by atoms with Gasteiger partial charge < -0.3 is 26.4 Å². The third kappa shape index (κ3) is 6.53. The molecule has 0 saturated heterocycles. The number of amides is 1. The van der Waals surface area contributed by atoms with Crippen LogP contribution in [-0.4, -0.2) is 54.9 Å². The van der Waals surface area contributed by atoms with Crippen LogP contribution in [0.3, 0.4) is 0 Å². The van der Waals surface area contributed by atoms with Gasteiger partial charge >= 0.3 is 0 Å². The minimum atomic E-state index is -0.0808. The second kappa shape index (κ2) is 11.8. The Labute approximate surface area is 165 Å². The van der Waals surface area contributed by atoms with E-state index in [1.165, 1.54) is 0 Å². The maximum atomic E-state index is 12.6. The Balaban J connectivity index is 0.000000892. The molecule has 0 radical (unpaired) electrons. The monoisotopic (exact) mass is 379 g/mol. The summed E-state index contributed by atoms with van der Waals surface area (Å²) < 4.78 is 0. The zero-order valence-electron chi connectivity index (χ0n) is 16.1. The molecule has 1 aromatic heterocycles. The average Bonchev–Trinajstić information content (AvgIpc) is 2.74. The van der Waals surface area contributed by atoms with Crippen LogP contribution in [0.5, 0.6) is 0 Å². The number of carbonyl (C=O) groups is 1. The molecule has 2 rings (SSSR count). The van der Waals surface area contributed by atoms with Gasteiger partial charge in [-0.3, -0.25) is 4.79 Å². The van der Waals surface area contributed by atoms with Crippen molar-refractivity contribution < 1.29 is 4.79 Å². The van der Waals surface area contributed by atoms with Crippen LogP contribution in [0.1, 0.15) is 23.0 Å². The SMILES string of the molecule is CCN(CCN(C)c1cccc(C#N)n1)C(=O)c1ccccc1N.N=CC=N. The Morgan fingerprint density at radius 2 is 1.86 bits per heavy atom. The Kier molecular flexibility index (Phi) is 9.40. The van der Waals surface area contributed by atoms with Crippen LogP contribution >= 0.6 is 0 Å². The largest absolute Gasteiger partial charge is 0.398 e. The van der Waals surface area contributed by atoms with Crippen LogP contribution in [0, 0.1) is 22.1 Å². The number of aromatic nitrogens is 1. The number of nitriles is 1. The van der Waals surface area contributed by atoms with Crippen LogP contribution in [0.2, 0.25) is 0 Å². The van der Waals surface area contributed by atoms with Gasteiger partial charge in [0.2, 0.25) is 0 Å². The van der Waals surface area contributed by atoms with E-state index in [-0.39, 0.29) is 5.91 Å². The Morgan fingerprint density at radius 3 is 2.43 bits per heavy atom. The summed E-state index contributed by atoms with van der Waals surface area (Å²) in [5, 5.41) is 21.1. The maximum Gasteiger partial charge on any atom is 0.255 e. The first-order valence-corrected chi connectivity index (χ1v) is 8.70. The Hall–Kier alpha value is -3.73. The molecule has 8 heteroatoms. The second-order valence-corrected chi connectivity index (χ2v) is 5.72. The molecule has 1 aromatic carbocycles. The normalized spacial score (nSPS) is 9.32. The van der Waals surface area contributed by atoms with E-state index in [9.17, 15) is 4.79 Å². The van der Waals surface area contributed by atoms with Gasteiger partial charge in [-0.2, -0.15) is 5.26 Å². The molecule has 0 spiro atoms. The van der Waals surface area contributed by atoms with Crippen LogP contribution < -0.4 is 10.6 Å². The third-order valence-electron chi connectivity index (χ3n) is 3.89. The minimum Gasteiger partial charge on any atom is -0.398 e. The highest BCUT2D eigenvalue weighted by Crippen LogP contribution is 2.14. The van der Waals surface area contributed by atoms with Crippen molar-refractivity contribution in [3.8, 4) is 6.07 Å². The molecule has 146 valence electrons. The standard InChI is InChI=1S/C18H21N5O.C2H4N2/c1-3-23(18(24)15-8-4-5-9-16(15)20)12-11-22(2)17-10-6-7-14(13-19)21-17;3-1-2-4/h4-10H,3,11-12,20H2,1-2H3;1-4H. The first-order valence-electron chi connectivity index (χ1n) is 8.70. The fourth-order valence-corrected chi connectivity index (χ4v) is 2.35. The van der Waals surface area contributed by atoms with E-state index < -0.39 is 0 Å². The number of anilines is 2. The highest BCUT2D eigenvalue weighted by Gasteiger charge is 2.17. The first kappa shape index (κ1) is 22.3. The van der Waals surface area contributed by atoms with E-state index in [1.54, 1.807) is 35.2 Å². The zero-order valence-corrected chi connectivity index (χ0v) is 16.1. The lowest BCUT2D eigenvalue weighted by molar-refractivity contribution is 0.0770. The number of pyridine rings is 1. The number of nitrogen functional groups attached to an aromatic ring is 1. The molecule has 1 amide bonds. The van der Waals surface area contributed by atoms with E-state index in [0.29, 0.717) is 42.4 Å². The number of nitrogens with two attached hydrogens (primary N) is 1. The molecule has 0 fully saturated rings. The number of hydrogen-bond acceptors (Lipinski definition) is 7. The Morgan fingerprint density at radius 1 is 1.18 bits per heavy atom. The molecule has 0 unspecified atom stereocenters. The van der Waals surface area contributed by atoms with Crippen molar-refractivity contribution in [3.63, 3.8) is 0 Å². The van der Waals surface area contributed by atoms with Crippen molar-refractivity contribution >= 4 is 29.8 Å². The lowest BCUT2D eigenvalue weighted by Gasteiger charge is -2.25. The van der Waals surface area contributed by atoms with Gasteiger partial charge in [0.05, 0.1) is 5.56 Å². The summed E-state index contributed by atoms with van der Waals surface area (Å²) in [6, 6.07) is 14.4. The van der Waals surface area contributed by atoms with Crippen molar-refractivity contribution in [2.75, 3.05) is 37.3 Å². The highest BCUT2D eigenvalue weighted by molar-refractivity contribution is 6.12. The number of hydrogen-bond donors (Lipinski definition) is 3. The van der Waals surface area contributed by atoms with Crippen molar-refractivity contribution in [2.24, 2.45) is 0 Å². The molecule has 4 N–H and O–H groups in total.